The van der Waals surface area contributed by atoms with Crippen LogP contribution in [0.15, 0.2) is 29.6 Å². The first-order chi connectivity index (χ1) is 11.3. The van der Waals surface area contributed by atoms with E-state index in [9.17, 15) is 4.79 Å². The van der Waals surface area contributed by atoms with E-state index >= 15 is 0 Å². The number of tetrazole rings is 1. The minimum absolute atomic E-state index is 0.0226. The number of nitrogens with one attached hydrogen (secondary N) is 1. The van der Waals surface area contributed by atoms with Crippen molar-refractivity contribution in [2.24, 2.45) is 5.10 Å². The number of piperidine rings is 1. The lowest BCUT2D eigenvalue weighted by Crippen LogP contribution is -2.30. The Morgan fingerprint density at radius 2 is 2.22 bits per heavy atom. The molecule has 23 heavy (non-hydrogen) atoms. The zero-order chi connectivity index (χ0) is 15.9. The molecule has 0 radical (unpaired) electrons. The number of anilines is 1. The van der Waals surface area contributed by atoms with E-state index in [0.717, 1.165) is 31.5 Å². The van der Waals surface area contributed by atoms with Gasteiger partial charge in [0, 0.05) is 31.0 Å². The molecule has 120 valence electrons. The highest BCUT2D eigenvalue weighted by Gasteiger charge is 2.16. The first-order valence-electron chi connectivity index (χ1n) is 7.56. The molecule has 1 fully saturated rings. The normalized spacial score (nSPS) is 15.0. The fourth-order valence-corrected chi connectivity index (χ4v) is 2.32. The van der Waals surface area contributed by atoms with E-state index in [1.54, 1.807) is 18.5 Å². The average molecular weight is 314 g/mol. The number of carbonyl (C=O) groups excluding carboxylic acids is 1. The molecule has 9 nitrogen and oxygen atoms in total. The molecule has 3 heterocycles. The summed E-state index contributed by atoms with van der Waals surface area (Å²) in [5.74, 6) is 0.268. The molecule has 1 N–H and O–H groups in total. The molecule has 9 heteroatoms. The predicted molar refractivity (Wildman–Crippen MR) is 83.9 cm³/mol. The summed E-state index contributed by atoms with van der Waals surface area (Å²) in [6, 6.07) is 3.64. The lowest BCUT2D eigenvalue weighted by molar-refractivity contribution is -0.122. The van der Waals surface area contributed by atoms with Crippen molar-refractivity contribution in [1.82, 2.24) is 30.6 Å². The van der Waals surface area contributed by atoms with E-state index in [1.165, 1.54) is 17.4 Å². The first-order valence-corrected chi connectivity index (χ1v) is 7.56. The Kier molecular flexibility index (Phi) is 4.87. The Bertz CT molecular complexity index is 662. The van der Waals surface area contributed by atoms with Crippen LogP contribution < -0.4 is 10.3 Å². The molecule has 2 aromatic rings. The Hall–Kier alpha value is -2.84. The molecule has 0 unspecified atom stereocenters. The number of rotatable bonds is 5. The third-order valence-electron chi connectivity index (χ3n) is 3.45. The van der Waals surface area contributed by atoms with Crippen LogP contribution in [0.3, 0.4) is 0 Å². The summed E-state index contributed by atoms with van der Waals surface area (Å²) in [4.78, 5) is 19.1. The minimum Gasteiger partial charge on any atom is -0.338 e. The molecule has 1 amide bonds. The van der Waals surface area contributed by atoms with Gasteiger partial charge in [0.25, 0.3) is 11.9 Å². The van der Waals surface area contributed by atoms with Crippen LogP contribution >= 0.6 is 0 Å². The molecule has 0 aliphatic carbocycles. The number of amides is 1. The summed E-state index contributed by atoms with van der Waals surface area (Å²) in [5, 5.41) is 16.0. The largest absolute Gasteiger partial charge is 0.338 e. The van der Waals surface area contributed by atoms with Gasteiger partial charge in [-0.05, 0) is 30.5 Å². The zero-order valence-corrected chi connectivity index (χ0v) is 12.7. The summed E-state index contributed by atoms with van der Waals surface area (Å²) in [7, 11) is 0. The summed E-state index contributed by atoms with van der Waals surface area (Å²) in [6.07, 6.45) is 8.36. The molecule has 0 aromatic carbocycles. The maximum absolute atomic E-state index is 11.8. The van der Waals surface area contributed by atoms with Gasteiger partial charge in [0.1, 0.15) is 6.54 Å². The third kappa shape index (κ3) is 4.31. The second kappa shape index (κ2) is 7.43. The van der Waals surface area contributed by atoms with Gasteiger partial charge in [0.2, 0.25) is 0 Å². The number of nitrogens with zero attached hydrogens (tertiary/aromatic N) is 7. The van der Waals surface area contributed by atoms with E-state index < -0.39 is 0 Å². The van der Waals surface area contributed by atoms with Crippen LogP contribution in [0.4, 0.5) is 5.95 Å². The Morgan fingerprint density at radius 3 is 3.00 bits per heavy atom. The minimum atomic E-state index is -0.312. The van der Waals surface area contributed by atoms with Gasteiger partial charge in [0.15, 0.2) is 0 Å². The number of aromatic nitrogens is 5. The van der Waals surface area contributed by atoms with Crippen LogP contribution in [-0.4, -0.2) is 50.4 Å². The van der Waals surface area contributed by atoms with Crippen LogP contribution in [0.2, 0.25) is 0 Å². The topological polar surface area (TPSA) is 101 Å². The smallest absolute Gasteiger partial charge is 0.266 e. The quantitative estimate of drug-likeness (QED) is 0.625. The fourth-order valence-electron chi connectivity index (χ4n) is 2.32. The highest BCUT2D eigenvalue weighted by Crippen LogP contribution is 2.13. The van der Waals surface area contributed by atoms with Gasteiger partial charge < -0.3 is 4.90 Å². The van der Waals surface area contributed by atoms with Crippen LogP contribution in [-0.2, 0) is 11.3 Å². The number of pyridine rings is 1. The van der Waals surface area contributed by atoms with Crippen LogP contribution in [0.25, 0.3) is 0 Å². The first kappa shape index (κ1) is 15.1. The van der Waals surface area contributed by atoms with E-state index in [1.807, 2.05) is 6.07 Å². The molecule has 1 aliphatic heterocycles. The van der Waals surface area contributed by atoms with E-state index in [4.69, 9.17) is 0 Å². The third-order valence-corrected chi connectivity index (χ3v) is 3.45. The molecule has 1 aliphatic rings. The molecule has 1 saturated heterocycles. The second-order valence-corrected chi connectivity index (χ2v) is 5.25. The van der Waals surface area contributed by atoms with E-state index in [2.05, 4.69) is 35.8 Å². The van der Waals surface area contributed by atoms with Crippen LogP contribution in [0, 0.1) is 0 Å². The van der Waals surface area contributed by atoms with E-state index in [0.29, 0.717) is 5.95 Å². The van der Waals surface area contributed by atoms with Gasteiger partial charge in [-0.2, -0.15) is 9.90 Å². The average Bonchev–Trinajstić information content (AvgIpc) is 3.05. The van der Waals surface area contributed by atoms with Crippen molar-refractivity contribution in [3.63, 3.8) is 0 Å². The fraction of sp³-hybridized carbons (Fsp3) is 0.429. The maximum atomic E-state index is 11.8. The number of carbonyl (C=O) groups is 1. The Morgan fingerprint density at radius 1 is 1.35 bits per heavy atom. The van der Waals surface area contributed by atoms with Crippen molar-refractivity contribution < 1.29 is 4.79 Å². The molecule has 0 spiro atoms. The van der Waals surface area contributed by atoms with Gasteiger partial charge >= 0.3 is 0 Å². The van der Waals surface area contributed by atoms with Gasteiger partial charge in [0.05, 0.1) is 6.21 Å². The van der Waals surface area contributed by atoms with Crippen molar-refractivity contribution in [2.45, 2.75) is 25.8 Å². The van der Waals surface area contributed by atoms with E-state index in [-0.39, 0.29) is 12.5 Å². The second-order valence-electron chi connectivity index (χ2n) is 5.25. The van der Waals surface area contributed by atoms with Crippen molar-refractivity contribution in [3.8, 4) is 0 Å². The Balaban J connectivity index is 1.50. The molecule has 2 aromatic heterocycles. The van der Waals surface area contributed by atoms with Gasteiger partial charge in [-0.25, -0.2) is 5.43 Å². The summed E-state index contributed by atoms with van der Waals surface area (Å²) in [6.45, 7) is 1.85. The van der Waals surface area contributed by atoms with Gasteiger partial charge in [-0.1, -0.05) is 11.2 Å². The highest BCUT2D eigenvalue weighted by atomic mass is 16.2. The lowest BCUT2D eigenvalue weighted by Gasteiger charge is -2.24. The maximum Gasteiger partial charge on any atom is 0.266 e. The molecule has 0 atom stereocenters. The summed E-state index contributed by atoms with van der Waals surface area (Å²) in [5.41, 5.74) is 3.23. The van der Waals surface area contributed by atoms with Crippen molar-refractivity contribution >= 4 is 18.1 Å². The Labute approximate surface area is 133 Å². The van der Waals surface area contributed by atoms with Crippen molar-refractivity contribution in [2.75, 3.05) is 18.0 Å². The number of hydrogen-bond acceptors (Lipinski definition) is 7. The zero-order valence-electron chi connectivity index (χ0n) is 12.7. The standard InChI is InChI=1S/C14H18N8O/c23-13(17-16-10-12-5-4-6-15-9-12)11-22-19-14(18-20-22)21-7-2-1-3-8-21/h4-6,9-10H,1-3,7-8,11H2,(H,17,23). The molecule has 0 bridgehead atoms. The molecular weight excluding hydrogens is 296 g/mol. The number of hydrogen-bond donors (Lipinski definition) is 1. The van der Waals surface area contributed by atoms with Gasteiger partial charge in [-0.3, -0.25) is 9.78 Å². The monoisotopic (exact) mass is 314 g/mol. The van der Waals surface area contributed by atoms with Crippen molar-refractivity contribution in [3.05, 3.63) is 30.1 Å². The number of hydrazone groups is 1. The van der Waals surface area contributed by atoms with Crippen molar-refractivity contribution in [1.29, 1.82) is 0 Å². The lowest BCUT2D eigenvalue weighted by atomic mass is 10.1. The SMILES string of the molecule is O=C(Cn1nnc(N2CCCCC2)n1)NN=Cc1cccnc1. The molecular formula is C14H18N8O. The van der Waals surface area contributed by atoms with Crippen LogP contribution in [0.5, 0.6) is 0 Å². The van der Waals surface area contributed by atoms with Crippen LogP contribution in [0.1, 0.15) is 24.8 Å². The summed E-state index contributed by atoms with van der Waals surface area (Å²) >= 11 is 0. The van der Waals surface area contributed by atoms with Gasteiger partial charge in [-0.15, -0.1) is 5.10 Å². The summed E-state index contributed by atoms with van der Waals surface area (Å²) < 4.78 is 0. The highest BCUT2D eigenvalue weighted by molar-refractivity contribution is 5.81. The molecule has 3 rings (SSSR count). The predicted octanol–water partition coefficient (Wildman–Crippen LogP) is 0.209. The molecule has 0 saturated carbocycles.